The molecular weight excluding hydrogens is 318 g/mol. The Labute approximate surface area is 124 Å². The molecule has 8 nitrogen and oxygen atoms in total. The fourth-order valence-electron chi connectivity index (χ4n) is 1.48. The quantitative estimate of drug-likeness (QED) is 0.621. The average Bonchev–Trinajstić information content (AvgIpc) is 2.78. The highest BCUT2D eigenvalue weighted by Gasteiger charge is 2.17. The minimum atomic E-state index is -3.81. The molecule has 0 spiro atoms. The minimum Gasteiger partial charge on any atom is -0.459 e. The van der Waals surface area contributed by atoms with E-state index >= 15 is 0 Å². The number of aromatic nitrogens is 1. The van der Waals surface area contributed by atoms with E-state index in [9.17, 15) is 18.0 Å². The average molecular weight is 329 g/mol. The maximum absolute atomic E-state index is 11.5. The van der Waals surface area contributed by atoms with Gasteiger partial charge in [-0.1, -0.05) is 11.3 Å². The molecule has 0 aliphatic rings. The Morgan fingerprint density at radius 3 is 2.76 bits per heavy atom. The van der Waals surface area contributed by atoms with Crippen molar-refractivity contribution < 1.29 is 22.7 Å². The van der Waals surface area contributed by atoms with Crippen LogP contribution in [0, 0.1) is 0 Å². The number of hydrogen-bond donors (Lipinski definition) is 2. The molecular formula is C11H11N3O5S2. The maximum Gasteiger partial charge on any atom is 0.397 e. The van der Waals surface area contributed by atoms with Crippen molar-refractivity contribution in [2.75, 3.05) is 11.9 Å². The third kappa shape index (κ3) is 3.54. The second-order valence-electron chi connectivity index (χ2n) is 3.87. The Morgan fingerprint density at radius 1 is 1.43 bits per heavy atom. The lowest BCUT2D eigenvalue weighted by Crippen LogP contribution is -2.24. The molecule has 0 aliphatic heterocycles. The predicted molar refractivity (Wildman–Crippen MR) is 76.3 cm³/mol. The molecule has 2 rings (SSSR count). The van der Waals surface area contributed by atoms with E-state index in [0.717, 1.165) is 11.3 Å². The molecule has 0 unspecified atom stereocenters. The molecule has 0 saturated heterocycles. The van der Waals surface area contributed by atoms with Crippen LogP contribution in [0.1, 0.15) is 6.92 Å². The van der Waals surface area contributed by atoms with Gasteiger partial charge >= 0.3 is 11.9 Å². The monoisotopic (exact) mass is 329 g/mol. The summed E-state index contributed by atoms with van der Waals surface area (Å²) in [5.74, 6) is -1.95. The number of hydrogen-bond acceptors (Lipinski definition) is 7. The van der Waals surface area contributed by atoms with E-state index in [1.165, 1.54) is 18.2 Å². The van der Waals surface area contributed by atoms with Crippen molar-refractivity contribution in [1.29, 1.82) is 0 Å². The molecule has 10 heteroatoms. The number of carbonyl (C=O) groups is 2. The summed E-state index contributed by atoms with van der Waals surface area (Å²) < 4.78 is 27.6. The summed E-state index contributed by atoms with van der Waals surface area (Å²) in [6.45, 7) is 1.67. The van der Waals surface area contributed by atoms with Crippen LogP contribution in [0.15, 0.2) is 23.1 Å². The van der Waals surface area contributed by atoms with Gasteiger partial charge in [0.1, 0.15) is 0 Å². The third-order valence-electron chi connectivity index (χ3n) is 2.37. The molecule has 3 N–H and O–H groups in total. The van der Waals surface area contributed by atoms with Crippen LogP contribution in [-0.2, 0) is 24.3 Å². The molecule has 1 aromatic carbocycles. The van der Waals surface area contributed by atoms with Crippen LogP contribution >= 0.6 is 11.3 Å². The zero-order chi connectivity index (χ0) is 15.6. The van der Waals surface area contributed by atoms with Gasteiger partial charge in [0.15, 0.2) is 5.13 Å². The van der Waals surface area contributed by atoms with Gasteiger partial charge in [-0.05, 0) is 25.1 Å². The second kappa shape index (κ2) is 5.76. The molecule has 112 valence electrons. The molecule has 21 heavy (non-hydrogen) atoms. The summed E-state index contributed by atoms with van der Waals surface area (Å²) in [5, 5.41) is 7.48. The highest BCUT2D eigenvalue weighted by atomic mass is 32.2. The number of benzene rings is 1. The highest BCUT2D eigenvalue weighted by molar-refractivity contribution is 7.89. The number of ether oxygens (including phenoxy) is 1. The largest absolute Gasteiger partial charge is 0.459 e. The number of nitrogens with two attached hydrogens (primary N) is 1. The van der Waals surface area contributed by atoms with Gasteiger partial charge in [-0.3, -0.25) is 10.1 Å². The van der Waals surface area contributed by atoms with E-state index < -0.39 is 21.9 Å². The van der Waals surface area contributed by atoms with Crippen LogP contribution in [0.3, 0.4) is 0 Å². The fourth-order valence-corrected chi connectivity index (χ4v) is 2.99. The summed E-state index contributed by atoms with van der Waals surface area (Å²) in [7, 11) is -3.81. The Morgan fingerprint density at radius 2 is 2.14 bits per heavy atom. The first-order valence-electron chi connectivity index (χ1n) is 5.72. The molecule has 0 saturated carbocycles. The van der Waals surface area contributed by atoms with Crippen LogP contribution in [0.5, 0.6) is 0 Å². The van der Waals surface area contributed by atoms with Gasteiger partial charge in [-0.2, -0.15) is 0 Å². The van der Waals surface area contributed by atoms with Crippen molar-refractivity contribution >= 4 is 48.6 Å². The number of rotatable bonds is 3. The number of sulfonamides is 1. The summed E-state index contributed by atoms with van der Waals surface area (Å²) in [4.78, 5) is 26.7. The lowest BCUT2D eigenvalue weighted by Gasteiger charge is -2.00. The summed E-state index contributed by atoms with van der Waals surface area (Å²) in [6.07, 6.45) is 0. The number of amides is 1. The number of fused-ring (bicyclic) bond motifs is 1. The summed E-state index contributed by atoms with van der Waals surface area (Å²) in [5.41, 5.74) is 0.478. The second-order valence-corrected chi connectivity index (χ2v) is 6.46. The van der Waals surface area contributed by atoms with Crippen LogP contribution < -0.4 is 10.5 Å². The van der Waals surface area contributed by atoms with Crippen molar-refractivity contribution in [3.63, 3.8) is 0 Å². The van der Waals surface area contributed by atoms with Crippen LogP contribution in [-0.4, -0.2) is 31.9 Å². The first-order valence-corrected chi connectivity index (χ1v) is 8.09. The molecule has 1 aromatic heterocycles. The topological polar surface area (TPSA) is 128 Å². The summed E-state index contributed by atoms with van der Waals surface area (Å²) in [6, 6.07) is 4.13. The van der Waals surface area contributed by atoms with Gasteiger partial charge in [0.2, 0.25) is 10.0 Å². The summed E-state index contributed by atoms with van der Waals surface area (Å²) >= 11 is 1.02. The lowest BCUT2D eigenvalue weighted by atomic mass is 10.3. The molecule has 1 heterocycles. The molecule has 0 atom stereocenters. The van der Waals surface area contributed by atoms with Crippen LogP contribution in [0.25, 0.3) is 10.2 Å². The molecule has 0 aliphatic carbocycles. The Balaban J connectivity index is 2.27. The number of carbonyl (C=O) groups excluding carboxylic acids is 2. The van der Waals surface area contributed by atoms with Crippen molar-refractivity contribution in [2.24, 2.45) is 5.14 Å². The van der Waals surface area contributed by atoms with E-state index in [1.807, 2.05) is 0 Å². The lowest BCUT2D eigenvalue weighted by molar-refractivity contribution is -0.152. The van der Waals surface area contributed by atoms with Gasteiger partial charge in [-0.15, -0.1) is 0 Å². The Kier molecular flexibility index (Phi) is 4.21. The van der Waals surface area contributed by atoms with Gasteiger partial charge in [0.05, 0.1) is 21.7 Å². The van der Waals surface area contributed by atoms with Crippen LogP contribution in [0.2, 0.25) is 0 Å². The number of anilines is 1. The van der Waals surface area contributed by atoms with E-state index in [1.54, 1.807) is 6.92 Å². The number of nitrogens with zero attached hydrogens (tertiary/aromatic N) is 1. The fraction of sp³-hybridized carbons (Fsp3) is 0.182. The number of thiazole rings is 1. The zero-order valence-corrected chi connectivity index (χ0v) is 12.5. The van der Waals surface area contributed by atoms with Gasteiger partial charge in [0.25, 0.3) is 0 Å². The normalized spacial score (nSPS) is 11.3. The molecule has 2 aromatic rings. The Hall–Kier alpha value is -2.04. The molecule has 0 bridgehead atoms. The van der Waals surface area contributed by atoms with E-state index in [0.29, 0.717) is 10.2 Å². The third-order valence-corrected chi connectivity index (χ3v) is 4.21. The van der Waals surface area contributed by atoms with Crippen molar-refractivity contribution in [3.05, 3.63) is 18.2 Å². The number of nitrogens with one attached hydrogen (secondary N) is 1. The van der Waals surface area contributed by atoms with E-state index in [2.05, 4.69) is 15.0 Å². The first-order chi connectivity index (χ1) is 9.81. The Bertz CT molecular complexity index is 812. The predicted octanol–water partition coefficient (Wildman–Crippen LogP) is 0.445. The SMILES string of the molecule is CCOC(=O)C(=O)Nc1nc2ccc(S(N)(=O)=O)cc2s1. The first kappa shape index (κ1) is 15.4. The molecule has 1 amide bonds. The smallest absolute Gasteiger partial charge is 0.397 e. The van der Waals surface area contributed by atoms with Crippen molar-refractivity contribution in [3.8, 4) is 0 Å². The zero-order valence-electron chi connectivity index (χ0n) is 10.8. The minimum absolute atomic E-state index is 0.0538. The van der Waals surface area contributed by atoms with Crippen molar-refractivity contribution in [1.82, 2.24) is 4.98 Å². The molecule has 0 fully saturated rings. The van der Waals surface area contributed by atoms with Crippen molar-refractivity contribution in [2.45, 2.75) is 11.8 Å². The number of esters is 1. The van der Waals surface area contributed by atoms with Gasteiger partial charge in [-0.25, -0.2) is 23.3 Å². The van der Waals surface area contributed by atoms with Crippen LogP contribution in [0.4, 0.5) is 5.13 Å². The molecule has 0 radical (unpaired) electrons. The number of primary sulfonamides is 1. The van der Waals surface area contributed by atoms with E-state index in [4.69, 9.17) is 5.14 Å². The maximum atomic E-state index is 11.5. The standard InChI is InChI=1S/C11H11N3O5S2/c1-2-19-10(16)9(15)14-11-13-7-4-3-6(21(12,17)18)5-8(7)20-11/h3-5H,2H2,1H3,(H2,12,17,18)(H,13,14,15). The van der Waals surface area contributed by atoms with E-state index in [-0.39, 0.29) is 16.6 Å². The highest BCUT2D eigenvalue weighted by Crippen LogP contribution is 2.27. The van der Waals surface area contributed by atoms with Gasteiger partial charge in [0, 0.05) is 0 Å². The van der Waals surface area contributed by atoms with Gasteiger partial charge < -0.3 is 4.74 Å².